The fraction of sp³-hybridized carbons (Fsp3) is 1.00. The van der Waals surface area contributed by atoms with Gasteiger partial charge in [-0.05, 0) is 12.8 Å². The Kier molecular flexibility index (Phi) is 31.3. The zero-order valence-corrected chi connectivity index (χ0v) is 25.1. The standard InChI is InChI=1S/C30H62O3S.Li/c1-3-5-7-9-11-12-13-14-15-16-17-18-19-20-21-23-25-27-29-30(34(31,32)33)28-26-24-22-10-8-6-4-2;/h30H,3-29H2,1-2H3,(H,31,32,33);/q;+1/p-1. The van der Waals surface area contributed by atoms with E-state index in [0.717, 1.165) is 25.7 Å². The predicted octanol–water partition coefficient (Wildman–Crippen LogP) is 7.48. The van der Waals surface area contributed by atoms with Gasteiger partial charge in [0, 0.05) is 5.25 Å². The molecule has 0 aliphatic heterocycles. The predicted molar refractivity (Wildman–Crippen MR) is 149 cm³/mol. The minimum Gasteiger partial charge on any atom is -0.748 e. The van der Waals surface area contributed by atoms with Gasteiger partial charge in [-0.1, -0.05) is 174 Å². The van der Waals surface area contributed by atoms with Crippen LogP contribution >= 0.6 is 0 Å². The summed E-state index contributed by atoms with van der Waals surface area (Å²) in [4.78, 5) is 0. The fourth-order valence-electron chi connectivity index (χ4n) is 5.04. The molecule has 0 spiro atoms. The first-order valence-corrected chi connectivity index (χ1v) is 16.9. The third-order valence-electron chi connectivity index (χ3n) is 7.42. The quantitative estimate of drug-likeness (QED) is 0.0625. The monoisotopic (exact) mass is 508 g/mol. The van der Waals surface area contributed by atoms with Crippen molar-refractivity contribution in [1.29, 1.82) is 0 Å². The molecular formula is C30H61LiO3S. The van der Waals surface area contributed by atoms with Crippen LogP contribution in [-0.2, 0) is 10.1 Å². The van der Waals surface area contributed by atoms with E-state index in [1.165, 1.54) is 135 Å². The largest absolute Gasteiger partial charge is 1.00 e. The molecule has 0 saturated carbocycles. The number of hydrogen-bond acceptors (Lipinski definition) is 3. The summed E-state index contributed by atoms with van der Waals surface area (Å²) in [6, 6.07) is 0. The van der Waals surface area contributed by atoms with E-state index in [1.807, 2.05) is 0 Å². The Balaban J connectivity index is 0. The van der Waals surface area contributed by atoms with Crippen LogP contribution < -0.4 is 18.9 Å². The van der Waals surface area contributed by atoms with Crippen molar-refractivity contribution in [2.45, 2.75) is 192 Å². The van der Waals surface area contributed by atoms with Crippen molar-refractivity contribution in [3.63, 3.8) is 0 Å². The topological polar surface area (TPSA) is 57.2 Å². The molecule has 0 aliphatic rings. The van der Waals surface area contributed by atoms with Gasteiger partial charge < -0.3 is 4.55 Å². The van der Waals surface area contributed by atoms with Gasteiger partial charge in [-0.15, -0.1) is 0 Å². The van der Waals surface area contributed by atoms with Gasteiger partial charge in [0.1, 0.15) is 0 Å². The molecule has 0 radical (unpaired) electrons. The van der Waals surface area contributed by atoms with E-state index in [4.69, 9.17) is 0 Å². The molecular weight excluding hydrogens is 447 g/mol. The minimum atomic E-state index is -4.14. The second kappa shape index (κ2) is 29.1. The average molecular weight is 509 g/mol. The first-order valence-electron chi connectivity index (χ1n) is 15.5. The van der Waals surface area contributed by atoms with E-state index < -0.39 is 15.4 Å². The van der Waals surface area contributed by atoms with Crippen LogP contribution in [0.5, 0.6) is 0 Å². The van der Waals surface area contributed by atoms with Crippen molar-refractivity contribution < 1.29 is 31.8 Å². The molecule has 0 aliphatic carbocycles. The molecule has 35 heavy (non-hydrogen) atoms. The molecule has 5 heteroatoms. The Hall–Kier alpha value is 0.507. The maximum Gasteiger partial charge on any atom is 1.00 e. The second-order valence-corrected chi connectivity index (χ2v) is 12.5. The van der Waals surface area contributed by atoms with Crippen molar-refractivity contribution in [3.05, 3.63) is 0 Å². The molecule has 0 fully saturated rings. The third kappa shape index (κ3) is 28.9. The summed E-state index contributed by atoms with van der Waals surface area (Å²) in [7, 11) is -4.14. The summed E-state index contributed by atoms with van der Waals surface area (Å²) in [5.74, 6) is 0. The fourth-order valence-corrected chi connectivity index (χ4v) is 5.95. The molecule has 1 atom stereocenters. The van der Waals surface area contributed by atoms with Crippen LogP contribution in [0.15, 0.2) is 0 Å². The van der Waals surface area contributed by atoms with Gasteiger partial charge in [0.15, 0.2) is 0 Å². The molecule has 0 bridgehead atoms. The number of hydrogen-bond donors (Lipinski definition) is 0. The molecule has 3 nitrogen and oxygen atoms in total. The van der Waals surface area contributed by atoms with Crippen LogP contribution in [0.2, 0.25) is 0 Å². The zero-order chi connectivity index (χ0) is 25.2. The van der Waals surface area contributed by atoms with Crippen LogP contribution in [0, 0.1) is 0 Å². The average Bonchev–Trinajstić information content (AvgIpc) is 2.80. The summed E-state index contributed by atoms with van der Waals surface area (Å²) in [6.07, 6.45) is 33.3. The molecule has 0 rings (SSSR count). The molecule has 0 saturated heterocycles. The van der Waals surface area contributed by atoms with Crippen molar-refractivity contribution in [2.24, 2.45) is 0 Å². The molecule has 0 N–H and O–H groups in total. The van der Waals surface area contributed by atoms with Gasteiger partial charge in [0.2, 0.25) is 0 Å². The summed E-state index contributed by atoms with van der Waals surface area (Å²) in [6.45, 7) is 4.49. The van der Waals surface area contributed by atoms with Crippen molar-refractivity contribution >= 4 is 10.1 Å². The summed E-state index contributed by atoms with van der Waals surface area (Å²) in [5, 5.41) is -0.649. The molecule has 0 aromatic carbocycles. The van der Waals surface area contributed by atoms with Crippen LogP contribution in [0.4, 0.5) is 0 Å². The molecule has 1 unspecified atom stereocenters. The van der Waals surface area contributed by atoms with E-state index in [0.29, 0.717) is 12.8 Å². The van der Waals surface area contributed by atoms with Crippen LogP contribution in [0.1, 0.15) is 187 Å². The molecule has 0 aromatic rings. The van der Waals surface area contributed by atoms with Gasteiger partial charge in [0.25, 0.3) is 0 Å². The Labute approximate surface area is 233 Å². The van der Waals surface area contributed by atoms with Crippen LogP contribution in [0.25, 0.3) is 0 Å². The van der Waals surface area contributed by atoms with E-state index >= 15 is 0 Å². The normalized spacial score (nSPS) is 12.5. The van der Waals surface area contributed by atoms with Crippen molar-refractivity contribution in [3.8, 4) is 0 Å². The summed E-state index contributed by atoms with van der Waals surface area (Å²) in [5.41, 5.74) is 0. The van der Waals surface area contributed by atoms with E-state index in [9.17, 15) is 13.0 Å². The van der Waals surface area contributed by atoms with Gasteiger partial charge in [-0.3, -0.25) is 0 Å². The Bertz CT molecular complexity index is 496. The minimum absolute atomic E-state index is 0. The second-order valence-electron chi connectivity index (χ2n) is 10.8. The Morgan fingerprint density at radius 2 is 0.629 bits per heavy atom. The smallest absolute Gasteiger partial charge is 0.748 e. The number of unbranched alkanes of at least 4 members (excludes halogenated alkanes) is 23. The maximum absolute atomic E-state index is 11.6. The van der Waals surface area contributed by atoms with Crippen LogP contribution in [0.3, 0.4) is 0 Å². The Morgan fingerprint density at radius 1 is 0.429 bits per heavy atom. The van der Waals surface area contributed by atoms with Crippen molar-refractivity contribution in [2.75, 3.05) is 0 Å². The molecule has 0 amide bonds. The van der Waals surface area contributed by atoms with Gasteiger partial charge in [-0.2, -0.15) is 0 Å². The van der Waals surface area contributed by atoms with Gasteiger partial charge in [-0.25, -0.2) is 8.42 Å². The SMILES string of the molecule is CCCCCCCCCCCCCCCCCCCCC(CCCCCCCCC)S(=O)(=O)[O-].[Li+]. The summed E-state index contributed by atoms with van der Waals surface area (Å²) < 4.78 is 34.8. The first-order chi connectivity index (χ1) is 16.5. The molecule has 0 aromatic heterocycles. The van der Waals surface area contributed by atoms with Gasteiger partial charge >= 0.3 is 18.9 Å². The zero-order valence-electron chi connectivity index (χ0n) is 24.3. The van der Waals surface area contributed by atoms with E-state index in [-0.39, 0.29) is 18.9 Å². The summed E-state index contributed by atoms with van der Waals surface area (Å²) >= 11 is 0. The first kappa shape index (κ1) is 37.7. The van der Waals surface area contributed by atoms with Gasteiger partial charge in [0.05, 0.1) is 10.1 Å². The number of rotatable bonds is 28. The third-order valence-corrected chi connectivity index (χ3v) is 8.71. The van der Waals surface area contributed by atoms with E-state index in [1.54, 1.807) is 0 Å². The van der Waals surface area contributed by atoms with E-state index in [2.05, 4.69) is 13.8 Å². The maximum atomic E-state index is 11.6. The van der Waals surface area contributed by atoms with Crippen LogP contribution in [-0.4, -0.2) is 18.2 Å². The Morgan fingerprint density at radius 3 is 0.829 bits per heavy atom. The molecule has 206 valence electrons. The molecule has 0 heterocycles. The van der Waals surface area contributed by atoms with Crippen molar-refractivity contribution in [1.82, 2.24) is 0 Å².